The number of nitrogen functional groups attached to an aromatic ring is 1. The first-order valence-electron chi connectivity index (χ1n) is 12.8. The predicted molar refractivity (Wildman–Crippen MR) is 151 cm³/mol. The highest BCUT2D eigenvalue weighted by Crippen LogP contribution is 2.37. The van der Waals surface area contributed by atoms with Gasteiger partial charge in [0.15, 0.2) is 17.2 Å². The molecule has 214 valence electrons. The maximum absolute atomic E-state index is 13.4. The van der Waals surface area contributed by atoms with Gasteiger partial charge in [-0.25, -0.2) is 10.1 Å². The van der Waals surface area contributed by atoms with Gasteiger partial charge in [0.1, 0.15) is 12.3 Å². The maximum atomic E-state index is 13.4. The number of nitrogens with two attached hydrogens (primary N) is 1. The molecule has 0 aliphatic carbocycles. The summed E-state index contributed by atoms with van der Waals surface area (Å²) in [4.78, 5) is 15.5. The smallest absolute Gasteiger partial charge is 0.292 e. The van der Waals surface area contributed by atoms with Crippen molar-refractivity contribution in [1.29, 1.82) is 0 Å². The van der Waals surface area contributed by atoms with Crippen LogP contribution < -0.4 is 20.6 Å². The number of halogens is 1. The second-order valence-corrected chi connectivity index (χ2v) is 9.75. The summed E-state index contributed by atoms with van der Waals surface area (Å²) >= 11 is 3.57. The maximum Gasteiger partial charge on any atom is 0.292 e. The van der Waals surface area contributed by atoms with Gasteiger partial charge in [-0.3, -0.25) is 9.69 Å². The second-order valence-electron chi connectivity index (χ2n) is 8.89. The zero-order valence-electron chi connectivity index (χ0n) is 22.2. The molecule has 1 amide bonds. The molecule has 1 aliphatic rings. The zero-order chi connectivity index (χ0) is 28.6. The fourth-order valence-corrected chi connectivity index (χ4v) is 4.69. The molecular formula is C26H28BrN9O5. The Bertz CT molecular complexity index is 1500. The van der Waals surface area contributed by atoms with Crippen LogP contribution in [-0.2, 0) is 17.9 Å². The summed E-state index contributed by atoms with van der Waals surface area (Å²) in [5.74, 6) is 0.557. The fourth-order valence-electron chi connectivity index (χ4n) is 4.12. The molecule has 14 nitrogen and oxygen atoms in total. The van der Waals surface area contributed by atoms with E-state index < -0.39 is 5.91 Å². The van der Waals surface area contributed by atoms with Gasteiger partial charge in [0.25, 0.3) is 5.91 Å². The van der Waals surface area contributed by atoms with Crippen LogP contribution in [0.2, 0.25) is 0 Å². The molecule has 15 heteroatoms. The number of benzene rings is 2. The third-order valence-electron chi connectivity index (χ3n) is 6.07. The molecule has 0 bridgehead atoms. The van der Waals surface area contributed by atoms with E-state index in [-0.39, 0.29) is 17.3 Å². The SMILES string of the molecule is CCOc1cc(/C=N\NC(=O)c2c(CN3CCOCC3)nnn2-c2nonc2N)cc(Br)c1OCc1ccccc1. The van der Waals surface area contributed by atoms with Crippen LogP contribution in [0.5, 0.6) is 11.5 Å². The summed E-state index contributed by atoms with van der Waals surface area (Å²) < 4.78 is 23.8. The number of carbonyl (C=O) groups excluding carboxylic acids is 1. The summed E-state index contributed by atoms with van der Waals surface area (Å²) in [6.07, 6.45) is 1.49. The fraction of sp³-hybridized carbons (Fsp3) is 0.308. The van der Waals surface area contributed by atoms with Crippen molar-refractivity contribution >= 4 is 33.9 Å². The molecule has 1 fully saturated rings. The van der Waals surface area contributed by atoms with Crippen molar-refractivity contribution < 1.29 is 23.6 Å². The molecule has 3 N–H and O–H groups in total. The number of nitrogens with one attached hydrogen (secondary N) is 1. The van der Waals surface area contributed by atoms with Crippen molar-refractivity contribution in [2.24, 2.45) is 5.10 Å². The number of aromatic nitrogens is 5. The lowest BCUT2D eigenvalue weighted by Crippen LogP contribution is -2.36. The molecule has 2 aromatic carbocycles. The van der Waals surface area contributed by atoms with Crippen molar-refractivity contribution in [2.45, 2.75) is 20.1 Å². The van der Waals surface area contributed by atoms with E-state index in [2.05, 4.69) is 52.0 Å². The summed E-state index contributed by atoms with van der Waals surface area (Å²) in [7, 11) is 0. The average molecular weight is 626 g/mol. The van der Waals surface area contributed by atoms with Gasteiger partial charge in [0.05, 0.1) is 30.5 Å². The Balaban J connectivity index is 1.34. The first-order chi connectivity index (χ1) is 20.0. The Labute approximate surface area is 243 Å². The Morgan fingerprint density at radius 3 is 2.73 bits per heavy atom. The average Bonchev–Trinajstić information content (AvgIpc) is 3.59. The van der Waals surface area contributed by atoms with E-state index in [1.54, 1.807) is 6.07 Å². The molecule has 0 atom stereocenters. The lowest BCUT2D eigenvalue weighted by molar-refractivity contribution is 0.0335. The number of hydrazone groups is 1. The molecule has 0 spiro atoms. The molecule has 3 heterocycles. The van der Waals surface area contributed by atoms with E-state index in [9.17, 15) is 4.79 Å². The van der Waals surface area contributed by atoms with Gasteiger partial charge in [-0.1, -0.05) is 35.5 Å². The number of morpholine rings is 1. The molecular weight excluding hydrogens is 598 g/mol. The molecule has 0 radical (unpaired) electrons. The van der Waals surface area contributed by atoms with Crippen molar-refractivity contribution in [1.82, 2.24) is 35.6 Å². The zero-order valence-corrected chi connectivity index (χ0v) is 23.8. The van der Waals surface area contributed by atoms with Gasteiger partial charge >= 0.3 is 0 Å². The monoisotopic (exact) mass is 625 g/mol. The van der Waals surface area contributed by atoms with Crippen LogP contribution in [0.4, 0.5) is 5.82 Å². The van der Waals surface area contributed by atoms with Crippen LogP contribution in [0, 0.1) is 0 Å². The highest BCUT2D eigenvalue weighted by atomic mass is 79.9. The van der Waals surface area contributed by atoms with Crippen LogP contribution in [0.25, 0.3) is 5.82 Å². The van der Waals surface area contributed by atoms with Crippen molar-refractivity contribution in [3.05, 3.63) is 69.5 Å². The van der Waals surface area contributed by atoms with Crippen molar-refractivity contribution in [3.8, 4) is 17.3 Å². The Morgan fingerprint density at radius 1 is 1.20 bits per heavy atom. The third-order valence-corrected chi connectivity index (χ3v) is 6.65. The van der Waals surface area contributed by atoms with Gasteiger partial charge in [-0.05, 0) is 56.4 Å². The number of anilines is 1. The molecule has 1 aliphatic heterocycles. The van der Waals surface area contributed by atoms with E-state index in [1.165, 1.54) is 10.9 Å². The number of rotatable bonds is 11. The number of hydrogen-bond donors (Lipinski definition) is 2. The lowest BCUT2D eigenvalue weighted by Gasteiger charge is -2.25. The molecule has 2 aromatic heterocycles. The van der Waals surface area contributed by atoms with Crippen LogP contribution in [0.3, 0.4) is 0 Å². The van der Waals surface area contributed by atoms with Crippen LogP contribution >= 0.6 is 15.9 Å². The van der Waals surface area contributed by atoms with E-state index in [0.717, 1.165) is 5.56 Å². The molecule has 5 rings (SSSR count). The summed E-state index contributed by atoms with van der Waals surface area (Å²) in [5.41, 5.74) is 10.6. The van der Waals surface area contributed by atoms with Gasteiger partial charge in [-0.15, -0.1) is 5.10 Å². The first-order valence-corrected chi connectivity index (χ1v) is 13.6. The standard InChI is InChI=1S/C26H28BrN9O5/c1-2-39-21-13-18(12-19(27)23(21)40-16-17-6-4-3-5-7-17)14-29-31-26(37)22-20(15-35-8-10-38-11-9-35)30-34-36(22)25-24(28)32-41-33-25/h3-7,12-14H,2,8-11,15-16H2,1H3,(H2,28,32)(H,31,37)/b29-14-. The second kappa shape index (κ2) is 13.3. The minimum absolute atomic E-state index is 0.0340. The number of nitrogens with zero attached hydrogens (tertiary/aromatic N) is 7. The highest BCUT2D eigenvalue weighted by molar-refractivity contribution is 9.10. The van der Waals surface area contributed by atoms with Gasteiger partial charge in [-0.2, -0.15) is 9.78 Å². The predicted octanol–water partition coefficient (Wildman–Crippen LogP) is 2.57. The van der Waals surface area contributed by atoms with Crippen LogP contribution in [0.15, 0.2) is 56.7 Å². The topological polar surface area (TPSA) is 168 Å². The Hall–Kier alpha value is -4.34. The van der Waals surface area contributed by atoms with Crippen LogP contribution in [-0.4, -0.2) is 75.2 Å². The summed E-state index contributed by atoms with van der Waals surface area (Å²) in [6.45, 7) is 5.65. The molecule has 41 heavy (non-hydrogen) atoms. The number of ether oxygens (including phenoxy) is 3. The highest BCUT2D eigenvalue weighted by Gasteiger charge is 2.26. The van der Waals surface area contributed by atoms with Gasteiger partial charge < -0.3 is 19.9 Å². The third kappa shape index (κ3) is 6.87. The quantitative estimate of drug-likeness (QED) is 0.185. The van der Waals surface area contributed by atoms with Crippen molar-refractivity contribution in [2.75, 3.05) is 38.6 Å². The van der Waals surface area contributed by atoms with E-state index >= 15 is 0 Å². The van der Waals surface area contributed by atoms with Crippen molar-refractivity contribution in [3.63, 3.8) is 0 Å². The first kappa shape index (κ1) is 28.2. The van der Waals surface area contributed by atoms with Gasteiger partial charge in [0.2, 0.25) is 11.6 Å². The molecule has 0 unspecified atom stereocenters. The lowest BCUT2D eigenvalue weighted by atomic mass is 10.2. The largest absolute Gasteiger partial charge is 0.490 e. The minimum Gasteiger partial charge on any atom is -0.490 e. The molecule has 0 saturated carbocycles. The van der Waals surface area contributed by atoms with Crippen LogP contribution in [0.1, 0.15) is 34.2 Å². The minimum atomic E-state index is -0.566. The normalized spacial score (nSPS) is 13.9. The summed E-state index contributed by atoms with van der Waals surface area (Å²) in [6, 6.07) is 13.4. The molecule has 4 aromatic rings. The number of hydrogen-bond acceptors (Lipinski definition) is 12. The van der Waals surface area contributed by atoms with E-state index in [4.69, 9.17) is 24.6 Å². The van der Waals surface area contributed by atoms with E-state index in [0.29, 0.717) is 73.3 Å². The van der Waals surface area contributed by atoms with Gasteiger partial charge in [0, 0.05) is 19.6 Å². The molecule has 1 saturated heterocycles. The Kier molecular flexibility index (Phi) is 9.18. The number of carbonyl (C=O) groups is 1. The Morgan fingerprint density at radius 2 is 2.00 bits per heavy atom. The number of amides is 1. The summed E-state index contributed by atoms with van der Waals surface area (Å²) in [5, 5.41) is 19.8. The van der Waals surface area contributed by atoms with E-state index in [1.807, 2.05) is 43.3 Å².